The smallest absolute Gasteiger partial charge is 0.119 e. The molecule has 2 aliphatic rings. The largest absolute Gasteiger partial charge is 0.494 e. The molecule has 23 heavy (non-hydrogen) atoms. The van der Waals surface area contributed by atoms with Crippen molar-refractivity contribution in [2.45, 2.75) is 58.2 Å². The average molecular weight is 316 g/mol. The van der Waals surface area contributed by atoms with Crippen LogP contribution < -0.4 is 15.0 Å². The summed E-state index contributed by atoms with van der Waals surface area (Å²) in [5.74, 6) is 2.50. The number of rotatable bonds is 5. The number of hydrogen-bond donors (Lipinski definition) is 2. The number of aliphatic hydroxyl groups is 1. The number of nitrogens with zero attached hydrogens (tertiary/aromatic N) is 1. The van der Waals surface area contributed by atoms with Crippen molar-refractivity contribution in [2.75, 3.05) is 11.5 Å². The minimum Gasteiger partial charge on any atom is -0.494 e. The number of nitrogens with one attached hydrogen (secondary N) is 1. The van der Waals surface area contributed by atoms with Crippen LogP contribution in [0.1, 0.15) is 45.6 Å². The van der Waals surface area contributed by atoms with Crippen molar-refractivity contribution in [2.24, 2.45) is 5.92 Å². The molecule has 0 radical (unpaired) electrons. The number of ether oxygens (including phenoxy) is 1. The lowest BCUT2D eigenvalue weighted by Crippen LogP contribution is -2.56. The molecule has 0 aromatic heterocycles. The fourth-order valence-electron chi connectivity index (χ4n) is 3.42. The van der Waals surface area contributed by atoms with E-state index in [0.717, 1.165) is 44.0 Å². The van der Waals surface area contributed by atoms with Crippen LogP contribution in [0.25, 0.3) is 0 Å². The van der Waals surface area contributed by atoms with E-state index in [1.807, 2.05) is 13.0 Å². The summed E-state index contributed by atoms with van der Waals surface area (Å²) in [4.78, 5) is 2.23. The highest BCUT2D eigenvalue weighted by atomic mass is 16.5. The van der Waals surface area contributed by atoms with Gasteiger partial charge in [0.05, 0.1) is 18.0 Å². The third-order valence-corrected chi connectivity index (χ3v) is 4.76. The van der Waals surface area contributed by atoms with Crippen molar-refractivity contribution in [3.05, 3.63) is 36.2 Å². The Morgan fingerprint density at radius 1 is 1.43 bits per heavy atom. The van der Waals surface area contributed by atoms with Crippen molar-refractivity contribution in [3.63, 3.8) is 0 Å². The van der Waals surface area contributed by atoms with E-state index in [1.54, 1.807) is 0 Å². The zero-order valence-corrected chi connectivity index (χ0v) is 14.4. The highest BCUT2D eigenvalue weighted by Gasteiger charge is 2.43. The summed E-state index contributed by atoms with van der Waals surface area (Å²) in [6, 6.07) is 6.61. The van der Waals surface area contributed by atoms with Crippen LogP contribution in [0, 0.1) is 5.92 Å². The first-order chi connectivity index (χ1) is 10.9. The zero-order valence-electron chi connectivity index (χ0n) is 14.4. The lowest BCUT2D eigenvalue weighted by atomic mass is 9.76. The van der Waals surface area contributed by atoms with E-state index < -0.39 is 5.60 Å². The molecule has 0 saturated heterocycles. The number of anilines is 1. The van der Waals surface area contributed by atoms with Gasteiger partial charge in [0.2, 0.25) is 0 Å². The van der Waals surface area contributed by atoms with Crippen LogP contribution in [-0.4, -0.2) is 23.4 Å². The summed E-state index contributed by atoms with van der Waals surface area (Å²) in [6.07, 6.45) is 2.62. The minimum atomic E-state index is -0.539. The van der Waals surface area contributed by atoms with Crippen molar-refractivity contribution in [1.82, 2.24) is 5.32 Å². The maximum Gasteiger partial charge on any atom is 0.119 e. The predicted molar refractivity (Wildman–Crippen MR) is 93.5 cm³/mol. The summed E-state index contributed by atoms with van der Waals surface area (Å²) in [5, 5.41) is 13.4. The van der Waals surface area contributed by atoms with Gasteiger partial charge in [0.15, 0.2) is 0 Å². The SMILES string of the molecule is C=C1NCc2cc(OCCC(C)C)ccc2N1C1CC(C)(O)C1. The fourth-order valence-corrected chi connectivity index (χ4v) is 3.42. The van der Waals surface area contributed by atoms with E-state index in [9.17, 15) is 5.11 Å². The van der Waals surface area contributed by atoms with Gasteiger partial charge in [-0.3, -0.25) is 0 Å². The van der Waals surface area contributed by atoms with Crippen LogP contribution in [0.15, 0.2) is 30.6 Å². The first-order valence-corrected chi connectivity index (χ1v) is 8.56. The molecule has 1 saturated carbocycles. The summed E-state index contributed by atoms with van der Waals surface area (Å²) in [6.45, 7) is 12.0. The van der Waals surface area contributed by atoms with Crippen molar-refractivity contribution in [1.29, 1.82) is 0 Å². The molecule has 4 nitrogen and oxygen atoms in total. The average Bonchev–Trinajstić information content (AvgIpc) is 2.44. The summed E-state index contributed by atoms with van der Waals surface area (Å²) in [5.41, 5.74) is 1.87. The lowest BCUT2D eigenvalue weighted by molar-refractivity contribution is -0.0299. The molecular formula is C19H28N2O2. The third-order valence-electron chi connectivity index (χ3n) is 4.76. The van der Waals surface area contributed by atoms with Gasteiger partial charge in [-0.15, -0.1) is 0 Å². The van der Waals surface area contributed by atoms with Gasteiger partial charge in [0, 0.05) is 18.3 Å². The topological polar surface area (TPSA) is 44.7 Å². The Bertz CT molecular complexity index is 587. The van der Waals surface area contributed by atoms with E-state index in [4.69, 9.17) is 4.74 Å². The van der Waals surface area contributed by atoms with Crippen LogP contribution in [0.5, 0.6) is 5.75 Å². The first kappa shape index (κ1) is 16.2. The van der Waals surface area contributed by atoms with Crippen LogP contribution in [0.4, 0.5) is 5.69 Å². The summed E-state index contributed by atoms with van der Waals surface area (Å²) < 4.78 is 5.87. The van der Waals surface area contributed by atoms with Gasteiger partial charge in [-0.05, 0) is 55.9 Å². The highest BCUT2D eigenvalue weighted by Crippen LogP contribution is 2.41. The van der Waals surface area contributed by atoms with E-state index in [-0.39, 0.29) is 0 Å². The Morgan fingerprint density at radius 3 is 2.83 bits per heavy atom. The minimum absolute atomic E-state index is 0.316. The second kappa shape index (κ2) is 6.08. The molecule has 0 amide bonds. The van der Waals surface area contributed by atoms with Gasteiger partial charge in [-0.2, -0.15) is 0 Å². The summed E-state index contributed by atoms with van der Waals surface area (Å²) in [7, 11) is 0. The second-order valence-electron chi connectivity index (χ2n) is 7.55. The Kier molecular flexibility index (Phi) is 4.28. The predicted octanol–water partition coefficient (Wildman–Crippen LogP) is 3.41. The van der Waals surface area contributed by atoms with Gasteiger partial charge in [0.1, 0.15) is 5.75 Å². The van der Waals surface area contributed by atoms with Gasteiger partial charge >= 0.3 is 0 Å². The van der Waals surface area contributed by atoms with Crippen molar-refractivity contribution >= 4 is 5.69 Å². The third kappa shape index (κ3) is 3.47. The number of hydrogen-bond acceptors (Lipinski definition) is 4. The monoisotopic (exact) mass is 316 g/mol. The maximum atomic E-state index is 10.0. The van der Waals surface area contributed by atoms with Crippen molar-refractivity contribution < 1.29 is 9.84 Å². The van der Waals surface area contributed by atoms with E-state index in [0.29, 0.717) is 12.0 Å². The van der Waals surface area contributed by atoms with Crippen LogP contribution in [0.3, 0.4) is 0 Å². The molecule has 1 heterocycles. The van der Waals surface area contributed by atoms with E-state index in [2.05, 4.69) is 42.8 Å². The van der Waals surface area contributed by atoms with Crippen LogP contribution in [0.2, 0.25) is 0 Å². The number of fused-ring (bicyclic) bond motifs is 1. The first-order valence-electron chi connectivity index (χ1n) is 8.56. The Balaban J connectivity index is 1.73. The molecule has 126 valence electrons. The molecule has 0 atom stereocenters. The number of benzene rings is 1. The molecule has 0 spiro atoms. The van der Waals surface area contributed by atoms with E-state index >= 15 is 0 Å². The molecule has 1 aliphatic carbocycles. The normalized spacial score (nSPS) is 26.6. The van der Waals surface area contributed by atoms with Gasteiger partial charge < -0.3 is 20.1 Å². The lowest BCUT2D eigenvalue weighted by Gasteiger charge is -2.50. The Hall–Kier alpha value is -1.68. The highest BCUT2D eigenvalue weighted by molar-refractivity contribution is 5.63. The zero-order chi connectivity index (χ0) is 16.6. The van der Waals surface area contributed by atoms with Gasteiger partial charge in [-0.1, -0.05) is 20.4 Å². The second-order valence-corrected chi connectivity index (χ2v) is 7.55. The molecular weight excluding hydrogens is 288 g/mol. The molecule has 1 fully saturated rings. The quantitative estimate of drug-likeness (QED) is 0.874. The van der Waals surface area contributed by atoms with E-state index in [1.165, 1.54) is 11.3 Å². The molecule has 3 rings (SSSR count). The molecule has 1 aromatic rings. The van der Waals surface area contributed by atoms with Crippen LogP contribution in [-0.2, 0) is 6.54 Å². The van der Waals surface area contributed by atoms with Crippen molar-refractivity contribution in [3.8, 4) is 5.75 Å². The summed E-state index contributed by atoms with van der Waals surface area (Å²) >= 11 is 0. The molecule has 0 bridgehead atoms. The van der Waals surface area contributed by atoms with Gasteiger partial charge in [-0.25, -0.2) is 0 Å². The van der Waals surface area contributed by atoms with Gasteiger partial charge in [0.25, 0.3) is 0 Å². The Morgan fingerprint density at radius 2 is 2.17 bits per heavy atom. The standard InChI is InChI=1S/C19H28N2O2/c1-13(2)7-8-23-17-5-6-18-15(9-17)12-20-14(3)21(18)16-10-19(4,22)11-16/h5-6,9,13,16,20,22H,3,7-8,10-12H2,1-2,4H3. The Labute approximate surface area is 139 Å². The molecule has 0 unspecified atom stereocenters. The maximum absolute atomic E-state index is 10.0. The molecule has 1 aromatic carbocycles. The molecule has 4 heteroatoms. The molecule has 2 N–H and O–H groups in total. The molecule has 1 aliphatic heterocycles. The fraction of sp³-hybridized carbons (Fsp3) is 0.579. The van der Waals surface area contributed by atoms with Crippen LogP contribution >= 0.6 is 0 Å².